The normalized spacial score (nSPS) is 18.4. The third-order valence-corrected chi connectivity index (χ3v) is 7.73. The molecule has 2 atom stereocenters. The summed E-state index contributed by atoms with van der Waals surface area (Å²) in [5, 5.41) is 3.93. The van der Waals surface area contributed by atoms with Gasteiger partial charge in [0.05, 0.1) is 11.3 Å². The molecule has 2 aliphatic rings. The average Bonchev–Trinajstić information content (AvgIpc) is 3.44. The van der Waals surface area contributed by atoms with E-state index >= 15 is 0 Å². The number of ether oxygens (including phenoxy) is 1. The maximum absolute atomic E-state index is 14.2. The molecule has 1 fully saturated rings. The smallest absolute Gasteiger partial charge is 0.332 e. The first-order chi connectivity index (χ1) is 19.0. The molecule has 198 valence electrons. The van der Waals surface area contributed by atoms with Crippen molar-refractivity contribution >= 4 is 34.4 Å². The number of aromatic nitrogens is 1. The minimum Gasteiger partial charge on any atom is -0.385 e. The van der Waals surface area contributed by atoms with E-state index in [-0.39, 0.29) is 17.4 Å². The van der Waals surface area contributed by atoms with Gasteiger partial charge in [0.1, 0.15) is 12.1 Å². The van der Waals surface area contributed by atoms with Crippen molar-refractivity contribution in [3.05, 3.63) is 101 Å². The van der Waals surface area contributed by atoms with Gasteiger partial charge in [-0.15, -0.1) is 0 Å². The van der Waals surface area contributed by atoms with Gasteiger partial charge < -0.3 is 15.0 Å². The number of rotatable bonds is 7. The first-order valence-electron chi connectivity index (χ1n) is 13.2. The van der Waals surface area contributed by atoms with E-state index in [0.29, 0.717) is 31.7 Å². The highest BCUT2D eigenvalue weighted by molar-refractivity contribution is 6.24. The molecule has 39 heavy (non-hydrogen) atoms. The molecule has 8 nitrogen and oxygen atoms in total. The number of urea groups is 1. The molecule has 0 bridgehead atoms. The fourth-order valence-corrected chi connectivity index (χ4v) is 5.89. The van der Waals surface area contributed by atoms with E-state index in [1.54, 1.807) is 36.3 Å². The van der Waals surface area contributed by atoms with Crippen LogP contribution in [-0.4, -0.2) is 54.0 Å². The average molecular weight is 523 g/mol. The summed E-state index contributed by atoms with van der Waals surface area (Å²) in [7, 11) is 1.61. The maximum atomic E-state index is 14.2. The van der Waals surface area contributed by atoms with Crippen molar-refractivity contribution < 1.29 is 19.1 Å². The van der Waals surface area contributed by atoms with Crippen molar-refractivity contribution in [3.8, 4) is 0 Å². The van der Waals surface area contributed by atoms with Gasteiger partial charge in [-0.2, -0.15) is 0 Å². The Balaban J connectivity index is 1.43. The number of anilines is 1. The lowest BCUT2D eigenvalue weighted by Crippen LogP contribution is -2.44. The van der Waals surface area contributed by atoms with Crippen LogP contribution in [0, 0.1) is 6.92 Å². The van der Waals surface area contributed by atoms with Gasteiger partial charge in [-0.1, -0.05) is 54.6 Å². The zero-order valence-electron chi connectivity index (χ0n) is 21.9. The number of benzene rings is 3. The third kappa shape index (κ3) is 4.08. The van der Waals surface area contributed by atoms with Crippen molar-refractivity contribution in [2.45, 2.75) is 31.8 Å². The van der Waals surface area contributed by atoms with Crippen LogP contribution in [-0.2, 0) is 16.0 Å². The molecule has 4 aromatic rings. The highest BCUT2D eigenvalue weighted by atomic mass is 16.5. The lowest BCUT2D eigenvalue weighted by Gasteiger charge is -2.36. The van der Waals surface area contributed by atoms with Gasteiger partial charge in [-0.25, -0.2) is 9.69 Å². The van der Waals surface area contributed by atoms with Crippen LogP contribution in [0.3, 0.4) is 0 Å². The van der Waals surface area contributed by atoms with Crippen LogP contribution in [0.4, 0.5) is 10.5 Å². The molecular formula is C31H30N4O4. The Morgan fingerprint density at radius 2 is 1.77 bits per heavy atom. The van der Waals surface area contributed by atoms with Gasteiger partial charge in [-0.05, 0) is 48.2 Å². The maximum Gasteiger partial charge on any atom is 0.332 e. The van der Waals surface area contributed by atoms with Crippen LogP contribution in [0.5, 0.6) is 0 Å². The Bertz CT molecular complexity index is 1590. The molecule has 1 aromatic heterocycles. The molecule has 4 amide bonds. The molecule has 2 unspecified atom stereocenters. The van der Waals surface area contributed by atoms with Gasteiger partial charge >= 0.3 is 6.03 Å². The number of fused-ring (bicyclic) bond motifs is 4. The summed E-state index contributed by atoms with van der Waals surface area (Å²) >= 11 is 0. The van der Waals surface area contributed by atoms with Gasteiger partial charge in [0, 0.05) is 43.3 Å². The van der Waals surface area contributed by atoms with Crippen molar-refractivity contribution in [2.75, 3.05) is 25.2 Å². The van der Waals surface area contributed by atoms with Gasteiger partial charge in [0.25, 0.3) is 11.8 Å². The third-order valence-electron chi connectivity index (χ3n) is 7.73. The van der Waals surface area contributed by atoms with E-state index in [4.69, 9.17) is 4.74 Å². The number of para-hydroxylation sites is 2. The number of H-pyrrole nitrogens is 1. The number of aromatic amines is 1. The number of methoxy groups -OCH3 is 1. The molecule has 3 aromatic carbocycles. The fraction of sp³-hybridized carbons (Fsp3) is 0.258. The summed E-state index contributed by atoms with van der Waals surface area (Å²) in [4.78, 5) is 47.8. The minimum atomic E-state index is -0.688. The van der Waals surface area contributed by atoms with Crippen LogP contribution in [0.2, 0.25) is 0 Å². The summed E-state index contributed by atoms with van der Waals surface area (Å²) in [6, 6.07) is 21.2. The molecule has 3 heterocycles. The van der Waals surface area contributed by atoms with Crippen molar-refractivity contribution in [2.24, 2.45) is 0 Å². The minimum absolute atomic E-state index is 0.285. The summed E-state index contributed by atoms with van der Waals surface area (Å²) in [5.41, 5.74) is 5.52. The highest BCUT2D eigenvalue weighted by Gasteiger charge is 2.53. The summed E-state index contributed by atoms with van der Waals surface area (Å²) in [5.74, 6) is -0.659. The molecule has 2 aliphatic heterocycles. The first kappa shape index (κ1) is 24.9. The molecule has 0 saturated carbocycles. The lowest BCUT2D eigenvalue weighted by atomic mass is 9.87. The van der Waals surface area contributed by atoms with Gasteiger partial charge in [-0.3, -0.25) is 14.5 Å². The Kier molecular flexibility index (Phi) is 6.40. The molecule has 0 spiro atoms. The molecule has 0 radical (unpaired) electrons. The topological polar surface area (TPSA) is 94.7 Å². The summed E-state index contributed by atoms with van der Waals surface area (Å²) in [6.45, 7) is 2.97. The van der Waals surface area contributed by atoms with Crippen molar-refractivity contribution in [1.82, 2.24) is 15.2 Å². The molecule has 8 heteroatoms. The number of aryl methyl sites for hydroxylation is 1. The Morgan fingerprint density at radius 3 is 2.59 bits per heavy atom. The van der Waals surface area contributed by atoms with E-state index < -0.39 is 18.1 Å². The van der Waals surface area contributed by atoms with Crippen LogP contribution in [0.25, 0.3) is 10.9 Å². The second-order valence-electron chi connectivity index (χ2n) is 10.0. The predicted octanol–water partition coefficient (Wildman–Crippen LogP) is 4.73. The van der Waals surface area contributed by atoms with Crippen LogP contribution >= 0.6 is 0 Å². The Morgan fingerprint density at radius 1 is 1.03 bits per heavy atom. The van der Waals surface area contributed by atoms with Crippen LogP contribution in [0.15, 0.2) is 72.8 Å². The van der Waals surface area contributed by atoms with E-state index in [1.165, 1.54) is 4.90 Å². The van der Waals surface area contributed by atoms with E-state index in [9.17, 15) is 14.4 Å². The highest BCUT2D eigenvalue weighted by Crippen LogP contribution is 2.45. The number of hydrogen-bond donors (Lipinski definition) is 2. The first-order valence-corrected chi connectivity index (χ1v) is 13.2. The number of imide groups is 1. The van der Waals surface area contributed by atoms with E-state index in [0.717, 1.165) is 33.3 Å². The predicted molar refractivity (Wildman–Crippen MR) is 149 cm³/mol. The SMILES string of the molecule is COCCCNC(=O)c1ccccc1N1C(=O)C2Cc3c([nH]c4ccccc34)C(c3ccccc3C)N2C1=O. The fourth-order valence-electron chi connectivity index (χ4n) is 5.89. The Labute approximate surface area is 226 Å². The lowest BCUT2D eigenvalue weighted by molar-refractivity contribution is -0.120. The zero-order chi connectivity index (χ0) is 27.1. The zero-order valence-corrected chi connectivity index (χ0v) is 21.9. The number of hydrogen-bond acceptors (Lipinski definition) is 4. The number of amides is 4. The summed E-state index contributed by atoms with van der Waals surface area (Å²) < 4.78 is 5.06. The largest absolute Gasteiger partial charge is 0.385 e. The molecular weight excluding hydrogens is 492 g/mol. The second-order valence-corrected chi connectivity index (χ2v) is 10.0. The summed E-state index contributed by atoms with van der Waals surface area (Å²) in [6.07, 6.45) is 1.06. The standard InChI is InChI=1S/C31H30N4O4/c1-19-10-3-4-11-20(19)28-27-23(21-12-5-7-14-24(21)33-27)18-26-30(37)35(31(38)34(26)28)25-15-8-6-13-22(25)29(36)32-16-9-17-39-2/h3-8,10-15,26,28,33H,9,16-18H2,1-2H3,(H,32,36). The second kappa shape index (κ2) is 10.0. The molecule has 0 aliphatic carbocycles. The molecule has 1 saturated heterocycles. The quantitative estimate of drug-likeness (QED) is 0.271. The van der Waals surface area contributed by atoms with Crippen molar-refractivity contribution in [1.29, 1.82) is 0 Å². The van der Waals surface area contributed by atoms with E-state index in [2.05, 4.69) is 16.4 Å². The number of carbonyl (C=O) groups excluding carboxylic acids is 3. The van der Waals surface area contributed by atoms with Crippen LogP contribution < -0.4 is 10.2 Å². The molecule has 6 rings (SSSR count). The molecule has 2 N–H and O–H groups in total. The number of nitrogens with one attached hydrogen (secondary N) is 2. The van der Waals surface area contributed by atoms with Crippen molar-refractivity contribution in [3.63, 3.8) is 0 Å². The monoisotopic (exact) mass is 522 g/mol. The van der Waals surface area contributed by atoms with Crippen LogP contribution in [0.1, 0.15) is 45.2 Å². The van der Waals surface area contributed by atoms with E-state index in [1.807, 2.05) is 49.4 Å². The number of nitrogens with zero attached hydrogens (tertiary/aromatic N) is 2. The number of carbonyl (C=O) groups is 3. The van der Waals surface area contributed by atoms with Gasteiger partial charge in [0.15, 0.2) is 0 Å². The van der Waals surface area contributed by atoms with Gasteiger partial charge in [0.2, 0.25) is 0 Å². The Hall–Kier alpha value is -4.43.